The molecule has 14 nitrogen and oxygen atoms in total. The lowest BCUT2D eigenvalue weighted by atomic mass is 10.0. The second-order valence-corrected chi connectivity index (χ2v) is 10.4. The molecule has 0 radical (unpaired) electrons. The Kier molecular flexibility index (Phi) is 15.8. The zero-order chi connectivity index (χ0) is 31.7. The van der Waals surface area contributed by atoms with Gasteiger partial charge in [-0.2, -0.15) is 0 Å². The molecule has 0 spiro atoms. The Morgan fingerprint density at radius 3 is 1.98 bits per heavy atom. The first-order valence-corrected chi connectivity index (χ1v) is 14.2. The third-order valence-electron chi connectivity index (χ3n) is 6.23. The molecule has 3 rings (SSSR count). The van der Waals surface area contributed by atoms with Crippen molar-refractivity contribution < 1.29 is 47.7 Å². The van der Waals surface area contributed by atoms with Gasteiger partial charge in [0.15, 0.2) is 0 Å². The molecule has 1 fully saturated rings. The van der Waals surface area contributed by atoms with Gasteiger partial charge in [-0.3, -0.25) is 34.2 Å². The van der Waals surface area contributed by atoms with Crippen molar-refractivity contribution in [3.63, 3.8) is 0 Å². The van der Waals surface area contributed by atoms with E-state index in [-0.39, 0.29) is 29.6 Å². The number of benzene rings is 1. The normalized spacial score (nSPS) is 16.4. The van der Waals surface area contributed by atoms with Crippen molar-refractivity contribution in [3.05, 3.63) is 29.3 Å². The third-order valence-corrected chi connectivity index (χ3v) is 6.23. The molecular formula is C29H44N4O10. The molecule has 2 aliphatic heterocycles. The number of fused-ring (bicyclic) bond motifs is 1. The topological polar surface area (TPSA) is 171 Å². The Bertz CT molecular complexity index is 1080. The lowest BCUT2D eigenvalue weighted by Gasteiger charge is -2.27. The molecule has 14 heteroatoms. The number of imide groups is 2. The largest absolute Gasteiger partial charge is 0.382 e. The first kappa shape index (κ1) is 35.8. The van der Waals surface area contributed by atoms with Gasteiger partial charge >= 0.3 is 0 Å². The van der Waals surface area contributed by atoms with Crippen molar-refractivity contribution in [2.75, 3.05) is 78.4 Å². The first-order chi connectivity index (χ1) is 20.6. The Morgan fingerprint density at radius 1 is 0.884 bits per heavy atom. The summed E-state index contributed by atoms with van der Waals surface area (Å²) in [6, 6.07) is 3.89. The first-order valence-electron chi connectivity index (χ1n) is 14.2. The van der Waals surface area contributed by atoms with Gasteiger partial charge < -0.3 is 34.3 Å². The smallest absolute Gasteiger partial charge is 0.264 e. The molecule has 1 aromatic carbocycles. The average molecular weight is 609 g/mol. The van der Waals surface area contributed by atoms with Crippen LogP contribution >= 0.6 is 0 Å². The lowest BCUT2D eigenvalue weighted by molar-refractivity contribution is -0.136. The minimum absolute atomic E-state index is 0.0417. The maximum Gasteiger partial charge on any atom is 0.264 e. The second kappa shape index (κ2) is 19.0. The number of anilines is 1. The van der Waals surface area contributed by atoms with E-state index >= 15 is 0 Å². The number of methoxy groups -OCH3 is 1. The maximum absolute atomic E-state index is 13.0. The Morgan fingerprint density at radius 2 is 1.44 bits per heavy atom. The van der Waals surface area contributed by atoms with Gasteiger partial charge in [-0.1, -0.05) is 6.07 Å². The van der Waals surface area contributed by atoms with Crippen LogP contribution in [0.2, 0.25) is 0 Å². The van der Waals surface area contributed by atoms with Crippen molar-refractivity contribution in [3.8, 4) is 0 Å². The van der Waals surface area contributed by atoms with Crippen LogP contribution in [0.5, 0.6) is 0 Å². The summed E-state index contributed by atoms with van der Waals surface area (Å²) < 4.78 is 26.5. The molecule has 0 bridgehead atoms. The molecule has 0 aromatic heterocycles. The minimum atomic E-state index is -1.00. The van der Waals surface area contributed by atoms with Gasteiger partial charge in [-0.15, -0.1) is 0 Å². The van der Waals surface area contributed by atoms with Crippen molar-refractivity contribution in [2.45, 2.75) is 45.3 Å². The molecule has 1 saturated heterocycles. The van der Waals surface area contributed by atoms with Gasteiger partial charge in [-0.05, 0) is 39.3 Å². The number of piperidine rings is 1. The standard InChI is InChI=1S/C24H32N4O9.C5H12O/c29-16-25-6-8-34-10-12-36-14-15-37-13-11-35-9-7-26-18-3-1-2-17-21(18)24(33)28(23(17)32)19-4-5-20(30)27-22(19)31;1-5(2,3)6-4/h1-3,16,19,26H,4-15H2,(H,25,29)(H,27,30,31);1-4H3. The molecule has 1 atom stereocenters. The van der Waals surface area contributed by atoms with Gasteiger partial charge in [0, 0.05) is 32.3 Å². The summed E-state index contributed by atoms with van der Waals surface area (Å²) in [4.78, 5) is 60.6. The third kappa shape index (κ3) is 12.4. The number of amides is 5. The van der Waals surface area contributed by atoms with Crippen molar-refractivity contribution in [1.82, 2.24) is 15.5 Å². The highest BCUT2D eigenvalue weighted by molar-refractivity contribution is 6.25. The fourth-order valence-corrected chi connectivity index (χ4v) is 3.87. The highest BCUT2D eigenvalue weighted by Crippen LogP contribution is 2.32. The monoisotopic (exact) mass is 608 g/mol. The van der Waals surface area contributed by atoms with Crippen LogP contribution in [-0.4, -0.2) is 120 Å². The molecule has 1 aromatic rings. The molecular weight excluding hydrogens is 564 g/mol. The van der Waals surface area contributed by atoms with E-state index in [9.17, 15) is 24.0 Å². The van der Waals surface area contributed by atoms with E-state index in [4.69, 9.17) is 23.7 Å². The van der Waals surface area contributed by atoms with E-state index in [0.29, 0.717) is 78.0 Å². The molecule has 2 aliphatic rings. The zero-order valence-electron chi connectivity index (χ0n) is 25.4. The van der Waals surface area contributed by atoms with Crippen LogP contribution in [-0.2, 0) is 38.1 Å². The Labute approximate surface area is 252 Å². The Balaban J connectivity index is 0.000000973. The molecule has 240 valence electrons. The number of hydrogen-bond acceptors (Lipinski definition) is 11. The molecule has 0 aliphatic carbocycles. The highest BCUT2D eigenvalue weighted by atomic mass is 16.6. The summed E-state index contributed by atoms with van der Waals surface area (Å²) in [5.74, 6) is -2.16. The number of nitrogens with zero attached hydrogens (tertiary/aromatic N) is 1. The lowest BCUT2D eigenvalue weighted by Crippen LogP contribution is -2.54. The van der Waals surface area contributed by atoms with Crippen LogP contribution in [0, 0.1) is 0 Å². The number of ether oxygens (including phenoxy) is 5. The predicted octanol–water partition coefficient (Wildman–Crippen LogP) is 0.743. The van der Waals surface area contributed by atoms with Gasteiger partial charge in [0.05, 0.1) is 69.6 Å². The molecule has 43 heavy (non-hydrogen) atoms. The summed E-state index contributed by atoms with van der Waals surface area (Å²) in [6.45, 7) is 10.2. The maximum atomic E-state index is 13.0. The van der Waals surface area contributed by atoms with Crippen LogP contribution < -0.4 is 16.0 Å². The zero-order valence-corrected chi connectivity index (χ0v) is 25.4. The quantitative estimate of drug-likeness (QED) is 0.122. The van der Waals surface area contributed by atoms with E-state index in [1.807, 2.05) is 20.8 Å². The van der Waals surface area contributed by atoms with Crippen molar-refractivity contribution in [2.24, 2.45) is 0 Å². The second-order valence-electron chi connectivity index (χ2n) is 10.4. The van der Waals surface area contributed by atoms with Gasteiger partial charge in [0.25, 0.3) is 11.8 Å². The molecule has 3 N–H and O–H groups in total. The fourth-order valence-electron chi connectivity index (χ4n) is 3.87. The highest BCUT2D eigenvalue weighted by Gasteiger charge is 2.45. The number of carbonyl (C=O) groups excluding carboxylic acids is 5. The van der Waals surface area contributed by atoms with E-state index < -0.39 is 29.7 Å². The van der Waals surface area contributed by atoms with Gasteiger partial charge in [-0.25, -0.2) is 0 Å². The van der Waals surface area contributed by atoms with E-state index in [0.717, 1.165) is 4.90 Å². The number of carbonyl (C=O) groups is 5. The van der Waals surface area contributed by atoms with Crippen molar-refractivity contribution >= 4 is 35.7 Å². The number of nitrogens with one attached hydrogen (secondary N) is 3. The minimum Gasteiger partial charge on any atom is -0.382 e. The van der Waals surface area contributed by atoms with Gasteiger partial charge in [0.1, 0.15) is 6.04 Å². The molecule has 0 saturated carbocycles. The summed E-state index contributed by atoms with van der Waals surface area (Å²) in [6.07, 6.45) is 0.800. The molecule has 2 heterocycles. The van der Waals surface area contributed by atoms with Crippen LogP contribution in [0.15, 0.2) is 18.2 Å². The average Bonchev–Trinajstić information content (AvgIpc) is 3.22. The van der Waals surface area contributed by atoms with Crippen molar-refractivity contribution in [1.29, 1.82) is 0 Å². The van der Waals surface area contributed by atoms with Gasteiger partial charge in [0.2, 0.25) is 18.2 Å². The summed E-state index contributed by atoms with van der Waals surface area (Å²) in [7, 11) is 1.71. The van der Waals surface area contributed by atoms with Crippen LogP contribution in [0.3, 0.4) is 0 Å². The van der Waals surface area contributed by atoms with E-state index in [2.05, 4.69) is 16.0 Å². The van der Waals surface area contributed by atoms with E-state index in [1.165, 1.54) is 0 Å². The number of hydrogen-bond donors (Lipinski definition) is 3. The predicted molar refractivity (Wildman–Crippen MR) is 156 cm³/mol. The Hall–Kier alpha value is -3.43. The van der Waals surface area contributed by atoms with Crippen LogP contribution in [0.25, 0.3) is 0 Å². The number of rotatable bonds is 18. The van der Waals surface area contributed by atoms with E-state index in [1.54, 1.807) is 25.3 Å². The van der Waals surface area contributed by atoms with Crippen LogP contribution in [0.4, 0.5) is 5.69 Å². The fraction of sp³-hybridized carbons (Fsp3) is 0.621. The molecule has 5 amide bonds. The summed E-state index contributed by atoms with van der Waals surface area (Å²) >= 11 is 0. The van der Waals surface area contributed by atoms with Crippen LogP contribution in [0.1, 0.15) is 54.3 Å². The summed E-state index contributed by atoms with van der Waals surface area (Å²) in [5, 5.41) is 7.79. The molecule has 1 unspecified atom stereocenters. The SMILES string of the molecule is COC(C)(C)C.O=CNCCOCCOCCOCCOCCNc1cccc2c1C(=O)N(C1CCC(=O)NC1=O)C2=O. The summed E-state index contributed by atoms with van der Waals surface area (Å²) in [5.41, 5.74) is 0.952.